The summed E-state index contributed by atoms with van der Waals surface area (Å²) in [5.74, 6) is -0.809. The highest BCUT2D eigenvalue weighted by atomic mass is 16.7. The van der Waals surface area contributed by atoms with E-state index in [1.165, 1.54) is 109 Å². The van der Waals surface area contributed by atoms with E-state index in [-0.39, 0.29) is 32.0 Å². The Morgan fingerprint density at radius 2 is 1.02 bits per heavy atom. The van der Waals surface area contributed by atoms with Gasteiger partial charge >= 0.3 is 11.9 Å². The zero-order valence-corrected chi connectivity index (χ0v) is 34.9. The summed E-state index contributed by atoms with van der Waals surface area (Å²) < 4.78 is 22.1. The van der Waals surface area contributed by atoms with Crippen LogP contribution < -0.4 is 0 Å². The third-order valence-corrected chi connectivity index (χ3v) is 10.3. The number of esters is 2. The fourth-order valence-electron chi connectivity index (χ4n) is 6.75. The predicted octanol–water partition coefficient (Wildman–Crippen LogP) is 9.33. The number of allylic oxidation sites excluding steroid dienone is 4. The molecule has 1 fully saturated rings. The van der Waals surface area contributed by atoms with Gasteiger partial charge in [0.15, 0.2) is 12.4 Å². The van der Waals surface area contributed by atoms with E-state index in [4.69, 9.17) is 18.9 Å². The number of hydrogen-bond donors (Lipinski definition) is 4. The molecule has 1 heterocycles. The van der Waals surface area contributed by atoms with Crippen LogP contribution in [0.25, 0.3) is 0 Å². The second-order valence-electron chi connectivity index (χ2n) is 15.5. The standard InChI is InChI=1S/C45H82O10/c1-3-5-7-9-11-13-15-17-18-19-20-22-24-26-28-30-32-34-41(48)54-38(37-53-45-44(51)43(50)42(49)39(35-46)55-45)36-52-40(47)33-31-29-27-25-23-21-16-14-12-10-8-6-4-2/h11,13,17-18,38-39,42-46,49-51H,3-10,12,14-16,19-37H2,1-2H3/b13-11-,18-17-. The number of carbonyl (C=O) groups excluding carboxylic acids is 2. The Morgan fingerprint density at radius 3 is 1.55 bits per heavy atom. The van der Waals surface area contributed by atoms with Gasteiger partial charge < -0.3 is 39.4 Å². The van der Waals surface area contributed by atoms with E-state index in [0.717, 1.165) is 51.4 Å². The lowest BCUT2D eigenvalue weighted by atomic mass is 9.99. The van der Waals surface area contributed by atoms with Gasteiger partial charge in [0.2, 0.25) is 0 Å². The van der Waals surface area contributed by atoms with Crippen LogP contribution in [-0.4, -0.2) is 89.0 Å². The van der Waals surface area contributed by atoms with Crippen LogP contribution in [0.1, 0.15) is 194 Å². The number of rotatable bonds is 37. The van der Waals surface area contributed by atoms with Crippen LogP contribution in [0, 0.1) is 0 Å². The topological polar surface area (TPSA) is 152 Å². The van der Waals surface area contributed by atoms with Crippen LogP contribution in [-0.2, 0) is 28.5 Å². The molecule has 6 atom stereocenters. The summed E-state index contributed by atoms with van der Waals surface area (Å²) in [5, 5.41) is 40.0. The molecule has 0 saturated carbocycles. The van der Waals surface area contributed by atoms with Crippen LogP contribution in [0.15, 0.2) is 24.3 Å². The van der Waals surface area contributed by atoms with Crippen molar-refractivity contribution in [1.82, 2.24) is 0 Å². The molecule has 1 saturated heterocycles. The largest absolute Gasteiger partial charge is 0.462 e. The van der Waals surface area contributed by atoms with Crippen molar-refractivity contribution < 1.29 is 49.0 Å². The highest BCUT2D eigenvalue weighted by molar-refractivity contribution is 5.70. The number of aliphatic hydroxyl groups excluding tert-OH is 4. The average molecular weight is 783 g/mol. The summed E-state index contributed by atoms with van der Waals surface area (Å²) in [7, 11) is 0. The molecule has 0 amide bonds. The van der Waals surface area contributed by atoms with Gasteiger partial charge in [-0.15, -0.1) is 0 Å². The maximum absolute atomic E-state index is 12.8. The SMILES string of the molecule is CCCCC/C=C\C/C=C\CCCCCCCCCC(=O)OC(COC(=O)CCCCCCCCCCCCCCC)COC1OC(CO)C(O)C(O)C1O. The highest BCUT2D eigenvalue weighted by Crippen LogP contribution is 2.23. The number of hydrogen-bond acceptors (Lipinski definition) is 10. The first-order valence-corrected chi connectivity index (χ1v) is 22.4. The molecule has 6 unspecified atom stereocenters. The zero-order chi connectivity index (χ0) is 40.2. The summed E-state index contributed by atoms with van der Waals surface area (Å²) in [4.78, 5) is 25.3. The molecule has 1 rings (SSSR count). The molecule has 0 aromatic heterocycles. The van der Waals surface area contributed by atoms with Crippen molar-refractivity contribution in [3.05, 3.63) is 24.3 Å². The van der Waals surface area contributed by atoms with E-state index in [0.29, 0.717) is 6.42 Å². The number of unbranched alkanes of at least 4 members (excludes halogenated alkanes) is 22. The molecular weight excluding hydrogens is 700 g/mol. The van der Waals surface area contributed by atoms with Crippen molar-refractivity contribution in [2.45, 2.75) is 230 Å². The molecule has 1 aliphatic rings. The van der Waals surface area contributed by atoms with Gasteiger partial charge in [-0.1, -0.05) is 160 Å². The van der Waals surface area contributed by atoms with Crippen LogP contribution in [0.3, 0.4) is 0 Å². The fraction of sp³-hybridized carbons (Fsp3) is 0.867. The maximum Gasteiger partial charge on any atom is 0.306 e. The van der Waals surface area contributed by atoms with Crippen molar-refractivity contribution in [3.8, 4) is 0 Å². The van der Waals surface area contributed by atoms with Crippen LogP contribution in [0.5, 0.6) is 0 Å². The van der Waals surface area contributed by atoms with Crippen LogP contribution in [0.2, 0.25) is 0 Å². The molecule has 10 heteroatoms. The van der Waals surface area contributed by atoms with Gasteiger partial charge in [0, 0.05) is 12.8 Å². The average Bonchev–Trinajstić information content (AvgIpc) is 3.18. The molecule has 322 valence electrons. The first-order chi connectivity index (χ1) is 26.8. The third-order valence-electron chi connectivity index (χ3n) is 10.3. The van der Waals surface area contributed by atoms with Crippen LogP contribution in [0.4, 0.5) is 0 Å². The third kappa shape index (κ3) is 28.3. The molecule has 0 spiro atoms. The quantitative estimate of drug-likeness (QED) is 0.0273. The molecule has 0 radical (unpaired) electrons. The molecule has 1 aliphatic heterocycles. The second-order valence-corrected chi connectivity index (χ2v) is 15.5. The van der Waals surface area contributed by atoms with Gasteiger partial charge in [-0.05, 0) is 44.9 Å². The Kier molecular flexibility index (Phi) is 34.0. The number of ether oxygens (including phenoxy) is 4. The van der Waals surface area contributed by atoms with E-state index >= 15 is 0 Å². The minimum atomic E-state index is -1.59. The van der Waals surface area contributed by atoms with Crippen molar-refractivity contribution >= 4 is 11.9 Å². The van der Waals surface area contributed by atoms with E-state index in [2.05, 4.69) is 38.2 Å². The first-order valence-electron chi connectivity index (χ1n) is 22.4. The summed E-state index contributed by atoms with van der Waals surface area (Å²) in [5.41, 5.74) is 0. The van der Waals surface area contributed by atoms with Gasteiger partial charge in [0.25, 0.3) is 0 Å². The second kappa shape index (κ2) is 36.5. The summed E-state index contributed by atoms with van der Waals surface area (Å²) >= 11 is 0. The van der Waals surface area contributed by atoms with E-state index < -0.39 is 49.4 Å². The Hall–Kier alpha value is -1.82. The van der Waals surface area contributed by atoms with Gasteiger partial charge in [0.05, 0.1) is 13.2 Å². The Bertz CT molecular complexity index is 954. The lowest BCUT2D eigenvalue weighted by Gasteiger charge is -2.39. The number of carbonyl (C=O) groups is 2. The monoisotopic (exact) mass is 783 g/mol. The smallest absolute Gasteiger partial charge is 0.306 e. The Labute approximate surface area is 334 Å². The lowest BCUT2D eigenvalue weighted by molar-refractivity contribution is -0.305. The fourth-order valence-corrected chi connectivity index (χ4v) is 6.75. The summed E-state index contributed by atoms with van der Waals surface area (Å²) in [6, 6.07) is 0. The summed E-state index contributed by atoms with van der Waals surface area (Å²) in [6.45, 7) is 3.40. The minimum absolute atomic E-state index is 0.217. The molecule has 10 nitrogen and oxygen atoms in total. The normalized spacial score (nSPS) is 20.7. The first kappa shape index (κ1) is 51.2. The Balaban J connectivity index is 2.33. The van der Waals surface area contributed by atoms with E-state index in [1.807, 2.05) is 0 Å². The van der Waals surface area contributed by atoms with Crippen molar-refractivity contribution in [2.24, 2.45) is 0 Å². The zero-order valence-electron chi connectivity index (χ0n) is 34.9. The molecule has 0 aromatic carbocycles. The van der Waals surface area contributed by atoms with Gasteiger partial charge in [-0.3, -0.25) is 9.59 Å². The van der Waals surface area contributed by atoms with E-state index in [1.54, 1.807) is 0 Å². The molecule has 55 heavy (non-hydrogen) atoms. The van der Waals surface area contributed by atoms with Gasteiger partial charge in [-0.2, -0.15) is 0 Å². The van der Waals surface area contributed by atoms with Crippen molar-refractivity contribution in [1.29, 1.82) is 0 Å². The molecule has 0 aliphatic carbocycles. The van der Waals surface area contributed by atoms with Gasteiger partial charge in [-0.25, -0.2) is 0 Å². The van der Waals surface area contributed by atoms with Crippen molar-refractivity contribution in [3.63, 3.8) is 0 Å². The lowest BCUT2D eigenvalue weighted by Crippen LogP contribution is -2.59. The van der Waals surface area contributed by atoms with E-state index in [9.17, 15) is 30.0 Å². The van der Waals surface area contributed by atoms with Crippen molar-refractivity contribution in [2.75, 3.05) is 19.8 Å². The highest BCUT2D eigenvalue weighted by Gasteiger charge is 2.44. The molecule has 4 N–H and O–H groups in total. The minimum Gasteiger partial charge on any atom is -0.462 e. The molecule has 0 bridgehead atoms. The van der Waals surface area contributed by atoms with Crippen LogP contribution >= 0.6 is 0 Å². The predicted molar refractivity (Wildman–Crippen MR) is 219 cm³/mol. The maximum atomic E-state index is 12.8. The summed E-state index contributed by atoms with van der Waals surface area (Å²) in [6.07, 6.45) is 31.8. The van der Waals surface area contributed by atoms with Gasteiger partial charge in [0.1, 0.15) is 31.0 Å². The molecule has 0 aromatic rings. The number of aliphatic hydroxyl groups is 4. The Morgan fingerprint density at radius 1 is 0.564 bits per heavy atom. The molecular formula is C45H82O10.